The molecule has 2 aromatic carbocycles. The maximum atomic E-state index is 13.2. The minimum atomic E-state index is -0.774. The van der Waals surface area contributed by atoms with E-state index in [0.29, 0.717) is 0 Å². The van der Waals surface area contributed by atoms with Crippen LogP contribution in [0.2, 0.25) is 0 Å². The standard InChI is InChI=1S/C29H43N3O/c1-2-31-21-14-6-4-3-5-7-15-22-32-23-20-27(24-32)29(28(30)33,25-16-10-8-11-17-25)26-18-12-9-13-19-26/h8-13,16-19,27,31H,2-7,14-15,20-24H2,1H3,(H2,30,33)/t27-/m1/s1. The fourth-order valence-corrected chi connectivity index (χ4v) is 5.56. The van der Waals surface area contributed by atoms with Crippen LogP contribution in [0.4, 0.5) is 0 Å². The molecular formula is C29H43N3O. The predicted octanol–water partition coefficient (Wildman–Crippen LogP) is 5.12. The smallest absolute Gasteiger partial charge is 0.232 e. The van der Waals surface area contributed by atoms with Gasteiger partial charge in [-0.25, -0.2) is 0 Å². The number of amides is 1. The molecular weight excluding hydrogens is 406 g/mol. The van der Waals surface area contributed by atoms with Crippen molar-refractivity contribution < 1.29 is 4.79 Å². The number of nitrogens with zero attached hydrogens (tertiary/aromatic N) is 1. The largest absolute Gasteiger partial charge is 0.369 e. The molecule has 0 bridgehead atoms. The van der Waals surface area contributed by atoms with Crippen molar-refractivity contribution in [1.82, 2.24) is 10.2 Å². The lowest BCUT2D eigenvalue weighted by Gasteiger charge is -2.37. The lowest BCUT2D eigenvalue weighted by molar-refractivity contribution is -0.123. The number of nitrogens with two attached hydrogens (primary N) is 1. The first-order chi connectivity index (χ1) is 16.2. The fourth-order valence-electron chi connectivity index (χ4n) is 5.56. The summed E-state index contributed by atoms with van der Waals surface area (Å²) in [5.41, 5.74) is 7.47. The van der Waals surface area contributed by atoms with Crippen LogP contribution in [0.1, 0.15) is 69.4 Å². The molecule has 0 spiro atoms. The van der Waals surface area contributed by atoms with Crippen molar-refractivity contribution in [1.29, 1.82) is 0 Å². The molecule has 1 aliphatic heterocycles. The van der Waals surface area contributed by atoms with Gasteiger partial charge in [0.05, 0.1) is 0 Å². The summed E-state index contributed by atoms with van der Waals surface area (Å²) in [7, 11) is 0. The highest BCUT2D eigenvalue weighted by Crippen LogP contribution is 2.43. The predicted molar refractivity (Wildman–Crippen MR) is 138 cm³/mol. The Labute approximate surface area is 200 Å². The molecule has 0 aromatic heterocycles. The topological polar surface area (TPSA) is 58.4 Å². The van der Waals surface area contributed by atoms with E-state index in [0.717, 1.165) is 50.3 Å². The number of likely N-dealkylation sites (tertiary alicyclic amines) is 1. The molecule has 1 atom stereocenters. The number of carbonyl (C=O) groups is 1. The zero-order valence-corrected chi connectivity index (χ0v) is 20.5. The minimum Gasteiger partial charge on any atom is -0.369 e. The summed E-state index contributed by atoms with van der Waals surface area (Å²) in [6.45, 7) is 7.50. The third-order valence-corrected chi connectivity index (χ3v) is 7.31. The normalized spacial score (nSPS) is 16.8. The summed E-state index contributed by atoms with van der Waals surface area (Å²) in [6, 6.07) is 20.3. The Morgan fingerprint density at radius 3 is 2.00 bits per heavy atom. The van der Waals surface area contributed by atoms with E-state index in [1.54, 1.807) is 0 Å². The number of nitrogens with one attached hydrogen (secondary N) is 1. The van der Waals surface area contributed by atoms with Gasteiger partial charge in [0.1, 0.15) is 5.41 Å². The van der Waals surface area contributed by atoms with Gasteiger partial charge in [-0.15, -0.1) is 0 Å². The minimum absolute atomic E-state index is 0.191. The van der Waals surface area contributed by atoms with Crippen molar-refractivity contribution in [3.8, 4) is 0 Å². The number of benzene rings is 2. The lowest BCUT2D eigenvalue weighted by Crippen LogP contribution is -2.49. The third-order valence-electron chi connectivity index (χ3n) is 7.31. The Balaban J connectivity index is 1.54. The van der Waals surface area contributed by atoms with Crippen LogP contribution in [-0.2, 0) is 10.2 Å². The quantitative estimate of drug-likeness (QED) is 0.371. The zero-order chi connectivity index (χ0) is 23.4. The second-order valence-corrected chi connectivity index (χ2v) is 9.52. The number of carbonyl (C=O) groups excluding carboxylic acids is 1. The number of rotatable bonds is 15. The molecule has 180 valence electrons. The SMILES string of the molecule is CCNCCCCCCCCCN1CC[C@@H](C(C(N)=O)(c2ccccc2)c2ccccc2)C1. The number of unbranched alkanes of at least 4 members (excludes halogenated alkanes) is 6. The van der Waals surface area contributed by atoms with Gasteiger partial charge < -0.3 is 16.0 Å². The molecule has 0 aliphatic carbocycles. The second-order valence-electron chi connectivity index (χ2n) is 9.52. The fraction of sp³-hybridized carbons (Fsp3) is 0.552. The van der Waals surface area contributed by atoms with E-state index >= 15 is 0 Å². The molecule has 1 fully saturated rings. The lowest BCUT2D eigenvalue weighted by atomic mass is 9.64. The molecule has 3 rings (SSSR count). The molecule has 1 amide bonds. The number of hydrogen-bond donors (Lipinski definition) is 2. The van der Waals surface area contributed by atoms with E-state index in [1.165, 1.54) is 44.9 Å². The summed E-state index contributed by atoms with van der Waals surface area (Å²) < 4.78 is 0. The molecule has 1 heterocycles. The van der Waals surface area contributed by atoms with Crippen molar-refractivity contribution in [3.63, 3.8) is 0 Å². The Kier molecular flexibility index (Phi) is 10.4. The molecule has 0 saturated carbocycles. The highest BCUT2D eigenvalue weighted by Gasteiger charge is 2.49. The van der Waals surface area contributed by atoms with Gasteiger partial charge >= 0.3 is 0 Å². The zero-order valence-electron chi connectivity index (χ0n) is 20.5. The van der Waals surface area contributed by atoms with Crippen molar-refractivity contribution in [2.75, 3.05) is 32.7 Å². The number of hydrogen-bond acceptors (Lipinski definition) is 3. The molecule has 33 heavy (non-hydrogen) atoms. The first kappa shape index (κ1) is 25.5. The van der Waals surface area contributed by atoms with Crippen molar-refractivity contribution >= 4 is 5.91 Å². The molecule has 4 nitrogen and oxygen atoms in total. The first-order valence-electron chi connectivity index (χ1n) is 13.0. The average molecular weight is 450 g/mol. The van der Waals surface area contributed by atoms with Gasteiger partial charge in [0.25, 0.3) is 0 Å². The van der Waals surface area contributed by atoms with E-state index in [9.17, 15) is 4.79 Å². The molecule has 3 N–H and O–H groups in total. The Morgan fingerprint density at radius 1 is 0.909 bits per heavy atom. The summed E-state index contributed by atoms with van der Waals surface area (Å²) in [4.78, 5) is 15.7. The van der Waals surface area contributed by atoms with Crippen LogP contribution in [0.15, 0.2) is 60.7 Å². The molecule has 1 aliphatic rings. The van der Waals surface area contributed by atoms with E-state index in [2.05, 4.69) is 41.4 Å². The van der Waals surface area contributed by atoms with Crippen LogP contribution in [0.5, 0.6) is 0 Å². The summed E-state index contributed by atoms with van der Waals surface area (Å²) in [6.07, 6.45) is 10.2. The molecule has 1 saturated heterocycles. The third kappa shape index (κ3) is 6.68. The summed E-state index contributed by atoms with van der Waals surface area (Å²) in [5.74, 6) is -0.0441. The van der Waals surface area contributed by atoms with Crippen LogP contribution >= 0.6 is 0 Å². The van der Waals surface area contributed by atoms with Gasteiger partial charge in [-0.1, -0.05) is 99.7 Å². The second kappa shape index (κ2) is 13.5. The molecule has 0 unspecified atom stereocenters. The van der Waals surface area contributed by atoms with Gasteiger partial charge in [-0.2, -0.15) is 0 Å². The van der Waals surface area contributed by atoms with Crippen molar-refractivity contribution in [2.45, 2.75) is 63.7 Å². The Morgan fingerprint density at radius 2 is 1.45 bits per heavy atom. The van der Waals surface area contributed by atoms with Gasteiger partial charge in [0.15, 0.2) is 0 Å². The van der Waals surface area contributed by atoms with Gasteiger partial charge in [-0.3, -0.25) is 4.79 Å². The van der Waals surface area contributed by atoms with Crippen LogP contribution in [-0.4, -0.2) is 43.5 Å². The maximum Gasteiger partial charge on any atom is 0.232 e. The van der Waals surface area contributed by atoms with Crippen LogP contribution < -0.4 is 11.1 Å². The van der Waals surface area contributed by atoms with Crippen LogP contribution in [0.3, 0.4) is 0 Å². The summed E-state index contributed by atoms with van der Waals surface area (Å²) in [5, 5.41) is 3.40. The van der Waals surface area contributed by atoms with E-state index in [-0.39, 0.29) is 11.8 Å². The average Bonchev–Trinajstić information content (AvgIpc) is 3.31. The Bertz CT molecular complexity index is 769. The van der Waals surface area contributed by atoms with Crippen molar-refractivity contribution in [2.24, 2.45) is 11.7 Å². The molecule has 2 aromatic rings. The van der Waals surface area contributed by atoms with E-state index < -0.39 is 5.41 Å². The highest BCUT2D eigenvalue weighted by atomic mass is 16.1. The Hall–Kier alpha value is -2.17. The highest BCUT2D eigenvalue weighted by molar-refractivity contribution is 5.91. The van der Waals surface area contributed by atoms with Gasteiger partial charge in [0.2, 0.25) is 5.91 Å². The van der Waals surface area contributed by atoms with E-state index in [4.69, 9.17) is 5.73 Å². The van der Waals surface area contributed by atoms with Crippen LogP contribution in [0.25, 0.3) is 0 Å². The van der Waals surface area contributed by atoms with E-state index in [1.807, 2.05) is 36.4 Å². The molecule has 0 radical (unpaired) electrons. The molecule has 4 heteroatoms. The van der Waals surface area contributed by atoms with Gasteiger partial charge in [-0.05, 0) is 62.5 Å². The van der Waals surface area contributed by atoms with Crippen LogP contribution in [0, 0.1) is 5.92 Å². The number of primary amides is 1. The van der Waals surface area contributed by atoms with Gasteiger partial charge in [0, 0.05) is 6.54 Å². The van der Waals surface area contributed by atoms with Crippen molar-refractivity contribution in [3.05, 3.63) is 71.8 Å². The summed E-state index contributed by atoms with van der Waals surface area (Å²) >= 11 is 0. The maximum absolute atomic E-state index is 13.2. The first-order valence-corrected chi connectivity index (χ1v) is 13.0. The monoisotopic (exact) mass is 449 g/mol.